The van der Waals surface area contributed by atoms with E-state index in [9.17, 15) is 9.59 Å². The molecule has 0 aliphatic heterocycles. The van der Waals surface area contributed by atoms with E-state index in [1.54, 1.807) is 16.7 Å². The van der Waals surface area contributed by atoms with Gasteiger partial charge >= 0.3 is 0 Å². The lowest BCUT2D eigenvalue weighted by atomic mass is 10.0. The van der Waals surface area contributed by atoms with Crippen molar-refractivity contribution in [2.45, 2.75) is 45.0 Å². The van der Waals surface area contributed by atoms with Gasteiger partial charge in [0.05, 0.1) is 5.75 Å². The van der Waals surface area contributed by atoms with Crippen LogP contribution in [-0.2, 0) is 28.3 Å². The maximum absolute atomic E-state index is 13.6. The van der Waals surface area contributed by atoms with E-state index in [0.717, 1.165) is 27.8 Å². The second-order valence-electron chi connectivity index (χ2n) is 8.63. The van der Waals surface area contributed by atoms with Crippen molar-refractivity contribution in [1.82, 2.24) is 10.2 Å². The predicted octanol–water partition coefficient (Wildman–Crippen LogP) is 6.16. The number of halogens is 1. The predicted molar refractivity (Wildman–Crippen MR) is 149 cm³/mol. The number of amides is 2. The maximum Gasteiger partial charge on any atom is 0.243 e. The molecule has 4 nitrogen and oxygen atoms in total. The number of nitrogens with zero attached hydrogens (tertiary/aromatic N) is 1. The van der Waals surface area contributed by atoms with Crippen molar-refractivity contribution in [3.63, 3.8) is 0 Å². The monoisotopic (exact) mass is 552 g/mol. The van der Waals surface area contributed by atoms with E-state index in [4.69, 9.17) is 0 Å². The first-order valence-corrected chi connectivity index (χ1v) is 13.9. The molecule has 1 atom stereocenters. The Labute approximate surface area is 221 Å². The quantitative estimate of drug-likeness (QED) is 0.293. The van der Waals surface area contributed by atoms with E-state index in [2.05, 4.69) is 46.4 Å². The Bertz CT molecular complexity index is 1090. The third-order valence-electron chi connectivity index (χ3n) is 5.66. The molecule has 0 heterocycles. The van der Waals surface area contributed by atoms with Gasteiger partial charge in [0.25, 0.3) is 0 Å². The number of nitrogens with one attached hydrogen (secondary N) is 1. The summed E-state index contributed by atoms with van der Waals surface area (Å²) >= 11 is 5.07. The first kappa shape index (κ1) is 27.0. The van der Waals surface area contributed by atoms with Crippen LogP contribution in [0.4, 0.5) is 0 Å². The van der Waals surface area contributed by atoms with Gasteiger partial charge in [-0.3, -0.25) is 9.59 Å². The number of aryl methyl sites for hydroxylation is 1. The van der Waals surface area contributed by atoms with Crippen molar-refractivity contribution >= 4 is 39.5 Å². The van der Waals surface area contributed by atoms with Crippen molar-refractivity contribution in [3.8, 4) is 0 Å². The van der Waals surface area contributed by atoms with Crippen LogP contribution in [-0.4, -0.2) is 35.1 Å². The summed E-state index contributed by atoms with van der Waals surface area (Å²) < 4.78 is 0.981. The Morgan fingerprint density at radius 2 is 1.66 bits per heavy atom. The molecule has 0 aromatic heterocycles. The first-order valence-electron chi connectivity index (χ1n) is 11.9. The molecule has 0 unspecified atom stereocenters. The fraction of sp³-hybridized carbons (Fsp3) is 0.310. The SMILES string of the molecule is CCCNC(=O)[C@H](Cc1ccccc1)N(Cc1ccc(Br)cc1)C(=O)CSCc1cccc(C)c1. The number of rotatable bonds is 12. The molecule has 3 aromatic rings. The van der Waals surface area contributed by atoms with Crippen LogP contribution in [0.3, 0.4) is 0 Å². The summed E-state index contributed by atoms with van der Waals surface area (Å²) in [5, 5.41) is 3.02. The molecule has 0 aliphatic carbocycles. The van der Waals surface area contributed by atoms with Gasteiger partial charge in [-0.2, -0.15) is 0 Å². The van der Waals surface area contributed by atoms with E-state index < -0.39 is 6.04 Å². The molecule has 0 aliphatic rings. The molecule has 0 radical (unpaired) electrons. The molecule has 0 saturated carbocycles. The number of hydrogen-bond acceptors (Lipinski definition) is 3. The number of hydrogen-bond donors (Lipinski definition) is 1. The summed E-state index contributed by atoms with van der Waals surface area (Å²) in [5.74, 6) is 0.935. The zero-order valence-electron chi connectivity index (χ0n) is 20.4. The third kappa shape index (κ3) is 8.86. The smallest absolute Gasteiger partial charge is 0.243 e. The molecule has 0 bridgehead atoms. The van der Waals surface area contributed by atoms with Gasteiger partial charge in [-0.15, -0.1) is 11.8 Å². The Morgan fingerprint density at radius 3 is 2.34 bits per heavy atom. The van der Waals surface area contributed by atoms with Crippen LogP contribution in [0.25, 0.3) is 0 Å². The number of thioether (sulfide) groups is 1. The van der Waals surface area contributed by atoms with Crippen molar-refractivity contribution in [3.05, 3.63) is 106 Å². The molecular formula is C29H33BrN2O2S. The Hall–Kier alpha value is -2.57. The van der Waals surface area contributed by atoms with Gasteiger partial charge in [0, 0.05) is 29.7 Å². The molecule has 3 rings (SSSR count). The molecule has 0 fully saturated rings. The first-order chi connectivity index (χ1) is 17.0. The van der Waals surface area contributed by atoms with Gasteiger partial charge < -0.3 is 10.2 Å². The van der Waals surface area contributed by atoms with Crippen LogP contribution in [0.15, 0.2) is 83.3 Å². The van der Waals surface area contributed by atoms with Crippen molar-refractivity contribution in [2.75, 3.05) is 12.3 Å². The van der Waals surface area contributed by atoms with Crippen LogP contribution < -0.4 is 5.32 Å². The lowest BCUT2D eigenvalue weighted by Gasteiger charge is -2.31. The van der Waals surface area contributed by atoms with Gasteiger partial charge in [0.2, 0.25) is 11.8 Å². The summed E-state index contributed by atoms with van der Waals surface area (Å²) in [6.45, 7) is 5.07. The van der Waals surface area contributed by atoms with E-state index in [1.165, 1.54) is 11.1 Å². The minimum absolute atomic E-state index is 0.0295. The van der Waals surface area contributed by atoms with Gasteiger partial charge in [-0.1, -0.05) is 95.1 Å². The van der Waals surface area contributed by atoms with Crippen LogP contribution in [0.1, 0.15) is 35.6 Å². The summed E-state index contributed by atoms with van der Waals surface area (Å²) in [7, 11) is 0. The molecule has 184 valence electrons. The van der Waals surface area contributed by atoms with Gasteiger partial charge in [-0.05, 0) is 42.2 Å². The van der Waals surface area contributed by atoms with Gasteiger partial charge in [-0.25, -0.2) is 0 Å². The van der Waals surface area contributed by atoms with Crippen LogP contribution in [0.5, 0.6) is 0 Å². The Kier molecular flexibility index (Phi) is 10.9. The second kappa shape index (κ2) is 14.1. The standard InChI is InChI=1S/C29H33BrN2O2S/c1-3-16-31-29(34)27(18-23-9-5-4-6-10-23)32(19-24-12-14-26(30)15-13-24)28(33)21-35-20-25-11-7-8-22(2)17-25/h4-15,17,27H,3,16,18-21H2,1-2H3,(H,31,34)/t27-/m0/s1. The highest BCUT2D eigenvalue weighted by molar-refractivity contribution is 9.10. The van der Waals surface area contributed by atoms with Crippen molar-refractivity contribution < 1.29 is 9.59 Å². The summed E-state index contributed by atoms with van der Waals surface area (Å²) in [6, 6.07) is 25.6. The number of carbonyl (C=O) groups excluding carboxylic acids is 2. The molecule has 1 N–H and O–H groups in total. The van der Waals surface area contributed by atoms with Crippen molar-refractivity contribution in [2.24, 2.45) is 0 Å². The van der Waals surface area contributed by atoms with E-state index in [-0.39, 0.29) is 11.8 Å². The summed E-state index contributed by atoms with van der Waals surface area (Å²) in [4.78, 5) is 28.7. The normalized spacial score (nSPS) is 11.6. The highest BCUT2D eigenvalue weighted by Crippen LogP contribution is 2.20. The van der Waals surface area contributed by atoms with Crippen LogP contribution in [0.2, 0.25) is 0 Å². The highest BCUT2D eigenvalue weighted by atomic mass is 79.9. The molecule has 2 amide bonds. The average molecular weight is 554 g/mol. The lowest BCUT2D eigenvalue weighted by Crippen LogP contribution is -2.51. The Balaban J connectivity index is 1.82. The van der Waals surface area contributed by atoms with Gasteiger partial charge in [0.15, 0.2) is 0 Å². The molecule has 35 heavy (non-hydrogen) atoms. The van der Waals surface area contributed by atoms with Crippen molar-refractivity contribution in [1.29, 1.82) is 0 Å². The topological polar surface area (TPSA) is 49.4 Å². The van der Waals surface area contributed by atoms with Crippen LogP contribution >= 0.6 is 27.7 Å². The third-order valence-corrected chi connectivity index (χ3v) is 7.18. The molecule has 3 aromatic carbocycles. The second-order valence-corrected chi connectivity index (χ2v) is 10.5. The fourth-order valence-corrected chi connectivity index (χ4v) is 4.97. The summed E-state index contributed by atoms with van der Waals surface area (Å²) in [6.07, 6.45) is 1.32. The van der Waals surface area contributed by atoms with Gasteiger partial charge in [0.1, 0.15) is 6.04 Å². The van der Waals surface area contributed by atoms with Crippen LogP contribution in [0, 0.1) is 6.92 Å². The van der Waals surface area contributed by atoms with E-state index in [0.29, 0.717) is 25.3 Å². The maximum atomic E-state index is 13.6. The zero-order chi connectivity index (χ0) is 25.0. The largest absolute Gasteiger partial charge is 0.354 e. The van der Waals surface area contributed by atoms with E-state index >= 15 is 0 Å². The van der Waals surface area contributed by atoms with E-state index in [1.807, 2.05) is 67.6 Å². The summed E-state index contributed by atoms with van der Waals surface area (Å²) in [5.41, 5.74) is 4.43. The highest BCUT2D eigenvalue weighted by Gasteiger charge is 2.30. The average Bonchev–Trinajstić information content (AvgIpc) is 2.86. The molecule has 6 heteroatoms. The zero-order valence-corrected chi connectivity index (χ0v) is 22.8. The number of carbonyl (C=O) groups is 2. The molecule has 0 spiro atoms. The minimum Gasteiger partial charge on any atom is -0.354 e. The minimum atomic E-state index is -0.584. The lowest BCUT2D eigenvalue weighted by molar-refractivity contribution is -0.139. The molecular weight excluding hydrogens is 520 g/mol. The fourth-order valence-electron chi connectivity index (χ4n) is 3.85. The Morgan fingerprint density at radius 1 is 0.943 bits per heavy atom. The number of benzene rings is 3. The molecule has 0 saturated heterocycles.